The van der Waals surface area contributed by atoms with Gasteiger partial charge in [0.1, 0.15) is 16.9 Å². The summed E-state index contributed by atoms with van der Waals surface area (Å²) in [6.45, 7) is 22.5. The molecule has 2 aliphatic heterocycles. The molecule has 0 radical (unpaired) electrons. The largest absolute Gasteiger partial charge is 0.434 e. The van der Waals surface area contributed by atoms with Gasteiger partial charge in [-0.25, -0.2) is 65.0 Å². The zero-order valence-electron chi connectivity index (χ0n) is 23.3. The molecule has 15 heteroatoms. The standard InChI is InChI=1S/C32H8N14O/c1-36-21(13-34)29-39-19-10-8-15(17(12-33)24(19)42-29)27-44-28(46-31(45-27)32-41-18-6-4-5-7-23(18)47-32)16-9-11-20-26(25(16)38-3)43-30(40-20)22(14-35)37-2/h4-11H/b29-21+,30-22-. The fraction of sp³-hybridized carbons (Fsp3) is 0. The summed E-state index contributed by atoms with van der Waals surface area (Å²) in [6, 6.07) is 18.9. The number of rotatable bonds is 3. The van der Waals surface area contributed by atoms with Crippen molar-refractivity contribution in [1.29, 1.82) is 15.8 Å². The zero-order valence-corrected chi connectivity index (χ0v) is 23.3. The van der Waals surface area contributed by atoms with Crippen molar-refractivity contribution >= 4 is 16.8 Å². The van der Waals surface area contributed by atoms with E-state index in [0.717, 1.165) is 0 Å². The Balaban J connectivity index is 1.51. The van der Waals surface area contributed by atoms with Crippen molar-refractivity contribution in [2.24, 2.45) is 20.0 Å². The summed E-state index contributed by atoms with van der Waals surface area (Å²) in [5.41, 5.74) is 0.835. The third-order valence-electron chi connectivity index (χ3n) is 6.86. The van der Waals surface area contributed by atoms with Gasteiger partial charge in [-0.05, 0) is 30.3 Å². The molecule has 0 saturated heterocycles. The molecule has 0 N–H and O–H groups in total. The van der Waals surface area contributed by atoms with E-state index in [1.807, 2.05) is 0 Å². The molecule has 5 aromatic rings. The van der Waals surface area contributed by atoms with Gasteiger partial charge in [0.05, 0.1) is 53.5 Å². The van der Waals surface area contributed by atoms with Crippen LogP contribution in [-0.4, -0.2) is 19.9 Å². The monoisotopic (exact) mass is 604 g/mol. The van der Waals surface area contributed by atoms with Gasteiger partial charge in [0.15, 0.2) is 28.9 Å². The van der Waals surface area contributed by atoms with Crippen molar-refractivity contribution < 1.29 is 4.42 Å². The van der Waals surface area contributed by atoms with Crippen LogP contribution in [0.15, 0.2) is 96.0 Å². The molecule has 4 heterocycles. The number of hydrogen-bond acceptors (Lipinski definition) is 12. The van der Waals surface area contributed by atoms with E-state index in [0.29, 0.717) is 11.1 Å². The van der Waals surface area contributed by atoms with Gasteiger partial charge >= 0.3 is 11.4 Å². The van der Waals surface area contributed by atoms with E-state index in [1.54, 1.807) is 60.7 Å². The average Bonchev–Trinajstić information content (AvgIpc) is 3.85. The lowest BCUT2D eigenvalue weighted by Crippen LogP contribution is -2.26. The zero-order chi connectivity index (χ0) is 32.7. The van der Waals surface area contributed by atoms with Gasteiger partial charge in [0.25, 0.3) is 5.89 Å². The molecule has 3 aromatic carbocycles. The third kappa shape index (κ3) is 4.40. The van der Waals surface area contributed by atoms with Crippen LogP contribution < -0.4 is 21.4 Å². The summed E-state index contributed by atoms with van der Waals surface area (Å²) in [7, 11) is 0. The van der Waals surface area contributed by atoms with E-state index in [4.69, 9.17) is 24.1 Å². The molecule has 0 fully saturated rings. The Morgan fingerprint density at radius 3 is 1.87 bits per heavy atom. The number of para-hydroxylation sites is 2. The number of nitrogens with zero attached hydrogens (tertiary/aromatic N) is 14. The molecule has 212 valence electrons. The second kappa shape index (κ2) is 10.8. The first kappa shape index (κ1) is 27.6. The SMILES string of the molecule is [C-]#[N+]/C(C#N)=C1/N=c2ccc(-c3nc(-c4nc5ccccc5o4)nc(-c4ccc5c(c4C#N)=N/C(=C(\C#N)[N+]#[C-])N=5)n3)c([N+]#[C-])c2=N1. The highest BCUT2D eigenvalue weighted by molar-refractivity contribution is 5.78. The van der Waals surface area contributed by atoms with Crippen molar-refractivity contribution in [3.05, 3.63) is 133 Å². The summed E-state index contributed by atoms with van der Waals surface area (Å²) in [5, 5.41) is 29.7. The van der Waals surface area contributed by atoms with Crippen molar-refractivity contribution in [3.8, 4) is 52.7 Å². The fourth-order valence-corrected chi connectivity index (χ4v) is 4.78. The second-order valence-electron chi connectivity index (χ2n) is 9.44. The van der Waals surface area contributed by atoms with Crippen molar-refractivity contribution in [2.75, 3.05) is 0 Å². The Hall–Kier alpha value is -8.24. The predicted molar refractivity (Wildman–Crippen MR) is 158 cm³/mol. The van der Waals surface area contributed by atoms with E-state index < -0.39 is 0 Å². The molecule has 2 aliphatic rings. The van der Waals surface area contributed by atoms with Crippen LogP contribution in [0, 0.1) is 53.7 Å². The summed E-state index contributed by atoms with van der Waals surface area (Å²) >= 11 is 0. The highest BCUT2D eigenvalue weighted by Gasteiger charge is 2.23. The van der Waals surface area contributed by atoms with Crippen molar-refractivity contribution in [2.45, 2.75) is 0 Å². The number of hydrogen-bond donors (Lipinski definition) is 0. The van der Waals surface area contributed by atoms with Gasteiger partial charge < -0.3 is 4.42 Å². The number of oxazole rings is 1. The van der Waals surface area contributed by atoms with E-state index in [2.05, 4.69) is 60.5 Å². The molecule has 0 aliphatic carbocycles. The molecule has 0 unspecified atom stereocenters. The van der Waals surface area contributed by atoms with Crippen LogP contribution >= 0.6 is 0 Å². The smallest absolute Gasteiger partial charge is 0.305 e. The van der Waals surface area contributed by atoms with Gasteiger partial charge in [-0.3, -0.25) is 0 Å². The minimum Gasteiger partial charge on any atom is -0.434 e. The third-order valence-corrected chi connectivity index (χ3v) is 6.86. The Morgan fingerprint density at radius 2 is 1.26 bits per heavy atom. The van der Waals surface area contributed by atoms with Crippen LogP contribution in [0.4, 0.5) is 5.69 Å². The van der Waals surface area contributed by atoms with Crippen molar-refractivity contribution in [1.82, 2.24) is 19.9 Å². The van der Waals surface area contributed by atoms with E-state index >= 15 is 0 Å². The van der Waals surface area contributed by atoms with Crippen molar-refractivity contribution in [3.63, 3.8) is 0 Å². The predicted octanol–water partition coefficient (Wildman–Crippen LogP) is 3.17. The van der Waals surface area contributed by atoms with Gasteiger partial charge in [-0.15, -0.1) is 0 Å². The normalized spacial score (nSPS) is 14.2. The second-order valence-corrected chi connectivity index (χ2v) is 9.44. The first-order valence-corrected chi connectivity index (χ1v) is 13.1. The molecule has 15 nitrogen and oxygen atoms in total. The maximum Gasteiger partial charge on any atom is 0.305 e. The first-order chi connectivity index (χ1) is 23.0. The van der Waals surface area contributed by atoms with E-state index in [1.165, 1.54) is 0 Å². The lowest BCUT2D eigenvalue weighted by molar-refractivity contribution is 0.612. The van der Waals surface area contributed by atoms with Crippen LogP contribution in [-0.2, 0) is 0 Å². The molecule has 0 amide bonds. The Bertz CT molecular complexity index is 2650. The fourth-order valence-electron chi connectivity index (χ4n) is 4.78. The minimum absolute atomic E-state index is 0.00309. The molecular formula is C32H8N14O. The molecule has 0 bridgehead atoms. The number of fused-ring (bicyclic) bond motifs is 3. The molecular weight excluding hydrogens is 596 g/mol. The average molecular weight is 605 g/mol. The topological polar surface area (TPSA) is 199 Å². The number of nitriles is 3. The molecule has 47 heavy (non-hydrogen) atoms. The van der Waals surface area contributed by atoms with Crippen LogP contribution in [0.5, 0.6) is 0 Å². The van der Waals surface area contributed by atoms with Gasteiger partial charge in [0.2, 0.25) is 11.5 Å². The maximum absolute atomic E-state index is 10.2. The summed E-state index contributed by atoms with van der Waals surface area (Å²) in [4.78, 5) is 45.3. The lowest BCUT2D eigenvalue weighted by atomic mass is 10.1. The highest BCUT2D eigenvalue weighted by Crippen LogP contribution is 2.30. The lowest BCUT2D eigenvalue weighted by Gasteiger charge is -2.08. The van der Waals surface area contributed by atoms with Crippen LogP contribution in [0.1, 0.15) is 5.56 Å². The van der Waals surface area contributed by atoms with Gasteiger partial charge in [-0.2, -0.15) is 5.26 Å². The summed E-state index contributed by atoms with van der Waals surface area (Å²) in [5.74, 6) is -0.183. The van der Waals surface area contributed by atoms with Gasteiger partial charge in [0, 0.05) is 11.1 Å². The molecule has 0 saturated carbocycles. The molecule has 7 rings (SSSR count). The number of allylic oxidation sites excluding steroid dienone is 2. The van der Waals surface area contributed by atoms with E-state index in [-0.39, 0.29) is 90.2 Å². The van der Waals surface area contributed by atoms with E-state index in [9.17, 15) is 15.8 Å². The Morgan fingerprint density at radius 1 is 0.660 bits per heavy atom. The van der Waals surface area contributed by atoms with Crippen LogP contribution in [0.25, 0.3) is 60.1 Å². The van der Waals surface area contributed by atoms with Gasteiger partial charge in [-0.1, -0.05) is 18.2 Å². The first-order valence-electron chi connectivity index (χ1n) is 13.1. The molecule has 0 spiro atoms. The molecule has 0 atom stereocenters. The molecule has 2 aromatic heterocycles. The Kier molecular flexibility index (Phi) is 6.33. The maximum atomic E-state index is 10.2. The Labute approximate surface area is 262 Å². The highest BCUT2D eigenvalue weighted by atomic mass is 16.3. The number of aromatic nitrogens is 4. The minimum atomic E-state index is -0.330. The summed E-state index contributed by atoms with van der Waals surface area (Å²) in [6.07, 6.45) is 0. The summed E-state index contributed by atoms with van der Waals surface area (Å²) < 4.78 is 5.94. The number of benzene rings is 3. The van der Waals surface area contributed by atoms with Crippen LogP contribution in [0.3, 0.4) is 0 Å². The quantitative estimate of drug-likeness (QED) is 0.221. The van der Waals surface area contributed by atoms with Crippen LogP contribution in [0.2, 0.25) is 0 Å².